The number of hydrogen-bond donors (Lipinski definition) is 1. The first kappa shape index (κ1) is 21.9. The van der Waals surface area contributed by atoms with Gasteiger partial charge in [0.15, 0.2) is 6.10 Å². The Balaban J connectivity index is 1.69. The molecule has 0 aromatic heterocycles. The molecule has 2 aromatic carbocycles. The van der Waals surface area contributed by atoms with E-state index in [0.717, 1.165) is 37.1 Å². The monoisotopic (exact) mass is 408 g/mol. The van der Waals surface area contributed by atoms with Gasteiger partial charge in [0.2, 0.25) is 0 Å². The van der Waals surface area contributed by atoms with Crippen LogP contribution < -0.4 is 10.1 Å². The summed E-state index contributed by atoms with van der Waals surface area (Å²) in [5, 5.41) is 2.93. The Labute approximate surface area is 179 Å². The number of ether oxygens (including phenoxy) is 1. The molecule has 5 heteroatoms. The first-order chi connectivity index (χ1) is 14.3. The van der Waals surface area contributed by atoms with Crippen LogP contribution in [0.25, 0.3) is 0 Å². The second-order valence-corrected chi connectivity index (χ2v) is 8.40. The number of aryl methyl sites for hydroxylation is 1. The Morgan fingerprint density at radius 2 is 1.73 bits per heavy atom. The normalized spacial score (nSPS) is 14.7. The van der Waals surface area contributed by atoms with Crippen LogP contribution in [0.15, 0.2) is 36.4 Å². The maximum absolute atomic E-state index is 12.8. The van der Waals surface area contributed by atoms with E-state index < -0.39 is 6.10 Å². The molecule has 2 aromatic rings. The Morgan fingerprint density at radius 3 is 2.37 bits per heavy atom. The van der Waals surface area contributed by atoms with E-state index in [-0.39, 0.29) is 11.8 Å². The third-order valence-corrected chi connectivity index (χ3v) is 5.76. The molecule has 1 aliphatic heterocycles. The number of carbonyl (C=O) groups excluding carboxylic acids is 2. The number of amides is 2. The Kier molecular flexibility index (Phi) is 6.80. The van der Waals surface area contributed by atoms with E-state index in [9.17, 15) is 9.59 Å². The van der Waals surface area contributed by atoms with Gasteiger partial charge in [0, 0.05) is 24.3 Å². The van der Waals surface area contributed by atoms with Crippen molar-refractivity contribution in [1.82, 2.24) is 4.90 Å². The lowest BCUT2D eigenvalue weighted by molar-refractivity contribution is -0.122. The molecule has 5 nitrogen and oxygen atoms in total. The second-order valence-electron chi connectivity index (χ2n) is 8.40. The van der Waals surface area contributed by atoms with Crippen molar-refractivity contribution >= 4 is 17.5 Å². The number of nitrogens with zero attached hydrogens (tertiary/aromatic N) is 1. The molecule has 0 aliphatic carbocycles. The highest BCUT2D eigenvalue weighted by Gasteiger charge is 2.23. The van der Waals surface area contributed by atoms with E-state index >= 15 is 0 Å². The molecule has 0 spiro atoms. The molecule has 160 valence electrons. The van der Waals surface area contributed by atoms with Gasteiger partial charge in [-0.15, -0.1) is 0 Å². The van der Waals surface area contributed by atoms with Crippen molar-refractivity contribution in [3.63, 3.8) is 0 Å². The first-order valence-corrected chi connectivity index (χ1v) is 10.7. The van der Waals surface area contributed by atoms with Crippen molar-refractivity contribution in [2.75, 3.05) is 18.4 Å². The summed E-state index contributed by atoms with van der Waals surface area (Å²) in [5.41, 5.74) is 4.50. The predicted molar refractivity (Wildman–Crippen MR) is 120 cm³/mol. The summed E-state index contributed by atoms with van der Waals surface area (Å²) in [5.74, 6) is 0.910. The van der Waals surface area contributed by atoms with Crippen molar-refractivity contribution in [1.29, 1.82) is 0 Å². The quantitative estimate of drug-likeness (QED) is 0.726. The van der Waals surface area contributed by atoms with Gasteiger partial charge in [-0.2, -0.15) is 0 Å². The van der Waals surface area contributed by atoms with Crippen LogP contribution in [0, 0.1) is 13.8 Å². The van der Waals surface area contributed by atoms with E-state index in [1.54, 1.807) is 6.92 Å². The van der Waals surface area contributed by atoms with Gasteiger partial charge >= 0.3 is 0 Å². The standard InChI is InChI=1S/C25H32N2O3/c1-16(2)21-12-11-20(15-17(21)3)30-19(5)24(28)26-23-10-8-9-22(18(23)4)25(29)27-13-6-7-14-27/h8-12,15-16,19H,6-7,13-14H2,1-5H3,(H,26,28). The topological polar surface area (TPSA) is 58.6 Å². The average molecular weight is 409 g/mol. The zero-order chi connectivity index (χ0) is 21.8. The molecule has 30 heavy (non-hydrogen) atoms. The lowest BCUT2D eigenvalue weighted by Gasteiger charge is -2.20. The highest BCUT2D eigenvalue weighted by Crippen LogP contribution is 2.25. The maximum atomic E-state index is 12.8. The zero-order valence-corrected chi connectivity index (χ0v) is 18.6. The van der Waals surface area contributed by atoms with Gasteiger partial charge in [-0.1, -0.05) is 26.0 Å². The summed E-state index contributed by atoms with van der Waals surface area (Å²) in [6.45, 7) is 11.6. The summed E-state index contributed by atoms with van der Waals surface area (Å²) < 4.78 is 5.88. The summed E-state index contributed by atoms with van der Waals surface area (Å²) >= 11 is 0. The van der Waals surface area contributed by atoms with Crippen LogP contribution >= 0.6 is 0 Å². The molecule has 1 saturated heterocycles. The second kappa shape index (κ2) is 9.33. The van der Waals surface area contributed by atoms with E-state index in [4.69, 9.17) is 4.74 Å². The van der Waals surface area contributed by atoms with Gasteiger partial charge in [-0.05, 0) is 80.5 Å². The summed E-state index contributed by atoms with van der Waals surface area (Å²) in [6.07, 6.45) is 1.44. The predicted octanol–water partition coefficient (Wildman–Crippen LogP) is 5.07. The van der Waals surface area contributed by atoms with E-state index in [1.165, 1.54) is 5.56 Å². The van der Waals surface area contributed by atoms with Gasteiger partial charge in [0.1, 0.15) is 5.75 Å². The van der Waals surface area contributed by atoms with E-state index in [0.29, 0.717) is 22.9 Å². The minimum absolute atomic E-state index is 0.0334. The summed E-state index contributed by atoms with van der Waals surface area (Å²) in [4.78, 5) is 27.4. The molecule has 2 amide bonds. The fourth-order valence-electron chi connectivity index (χ4n) is 3.95. The lowest BCUT2D eigenvalue weighted by atomic mass is 9.98. The number of benzene rings is 2. The Bertz CT molecular complexity index is 930. The van der Waals surface area contributed by atoms with Crippen molar-refractivity contribution in [3.8, 4) is 5.75 Å². The van der Waals surface area contributed by atoms with Crippen LogP contribution in [0.1, 0.15) is 66.6 Å². The fraction of sp³-hybridized carbons (Fsp3) is 0.440. The molecule has 1 unspecified atom stereocenters. The molecular weight excluding hydrogens is 376 g/mol. The molecule has 0 saturated carbocycles. The number of rotatable bonds is 6. The molecule has 0 radical (unpaired) electrons. The van der Waals surface area contributed by atoms with Crippen LogP contribution in [0.4, 0.5) is 5.69 Å². The van der Waals surface area contributed by atoms with Crippen LogP contribution in [-0.4, -0.2) is 35.9 Å². The number of anilines is 1. The van der Waals surface area contributed by atoms with Crippen LogP contribution in [-0.2, 0) is 4.79 Å². The molecule has 1 atom stereocenters. The number of carbonyl (C=O) groups is 2. The largest absolute Gasteiger partial charge is 0.481 e. The molecule has 1 N–H and O–H groups in total. The molecule has 3 rings (SSSR count). The van der Waals surface area contributed by atoms with Crippen LogP contribution in [0.3, 0.4) is 0 Å². The molecule has 0 bridgehead atoms. The molecular formula is C25H32N2O3. The zero-order valence-electron chi connectivity index (χ0n) is 18.6. The van der Waals surface area contributed by atoms with Crippen LogP contribution in [0.2, 0.25) is 0 Å². The van der Waals surface area contributed by atoms with Crippen molar-refractivity contribution in [3.05, 3.63) is 58.7 Å². The van der Waals surface area contributed by atoms with Gasteiger partial charge in [0.25, 0.3) is 11.8 Å². The van der Waals surface area contributed by atoms with E-state index in [1.807, 2.05) is 42.2 Å². The smallest absolute Gasteiger partial charge is 0.265 e. The van der Waals surface area contributed by atoms with Gasteiger partial charge in [0.05, 0.1) is 0 Å². The van der Waals surface area contributed by atoms with Crippen molar-refractivity contribution in [2.45, 2.75) is 59.5 Å². The number of hydrogen-bond acceptors (Lipinski definition) is 3. The number of nitrogens with one attached hydrogen (secondary N) is 1. The van der Waals surface area contributed by atoms with Gasteiger partial charge in [-0.3, -0.25) is 9.59 Å². The summed E-state index contributed by atoms with van der Waals surface area (Å²) in [7, 11) is 0. The number of likely N-dealkylation sites (tertiary alicyclic amines) is 1. The minimum Gasteiger partial charge on any atom is -0.481 e. The highest BCUT2D eigenvalue weighted by atomic mass is 16.5. The molecule has 1 heterocycles. The highest BCUT2D eigenvalue weighted by molar-refractivity contribution is 6.00. The van der Waals surface area contributed by atoms with Crippen molar-refractivity contribution < 1.29 is 14.3 Å². The Morgan fingerprint density at radius 1 is 1.03 bits per heavy atom. The minimum atomic E-state index is -0.661. The molecule has 1 aliphatic rings. The maximum Gasteiger partial charge on any atom is 0.265 e. The van der Waals surface area contributed by atoms with Crippen LogP contribution in [0.5, 0.6) is 5.75 Å². The van der Waals surface area contributed by atoms with E-state index in [2.05, 4.69) is 32.2 Å². The lowest BCUT2D eigenvalue weighted by Crippen LogP contribution is -2.31. The van der Waals surface area contributed by atoms with Gasteiger partial charge in [-0.25, -0.2) is 0 Å². The first-order valence-electron chi connectivity index (χ1n) is 10.7. The summed E-state index contributed by atoms with van der Waals surface area (Å²) in [6, 6.07) is 11.4. The van der Waals surface area contributed by atoms with Gasteiger partial charge < -0.3 is 15.0 Å². The average Bonchev–Trinajstić information content (AvgIpc) is 3.23. The fourth-order valence-corrected chi connectivity index (χ4v) is 3.95. The Hall–Kier alpha value is -2.82. The SMILES string of the molecule is Cc1cc(OC(C)C(=O)Nc2cccc(C(=O)N3CCCC3)c2C)ccc1C(C)C. The third-order valence-electron chi connectivity index (χ3n) is 5.76. The third kappa shape index (κ3) is 4.84. The molecule has 1 fully saturated rings. The van der Waals surface area contributed by atoms with Crippen molar-refractivity contribution in [2.24, 2.45) is 0 Å².